The Balaban J connectivity index is 2.07. The highest BCUT2D eigenvalue weighted by Gasteiger charge is 2.24. The van der Waals surface area contributed by atoms with Crippen LogP contribution in [-0.2, 0) is 0 Å². The van der Waals surface area contributed by atoms with Gasteiger partial charge in [0.25, 0.3) is 0 Å². The summed E-state index contributed by atoms with van der Waals surface area (Å²) in [6.07, 6.45) is 1.23. The van der Waals surface area contributed by atoms with Gasteiger partial charge < -0.3 is 10.2 Å². The fraction of sp³-hybridized carbons (Fsp3) is 0.538. The zero-order valence-electron chi connectivity index (χ0n) is 9.91. The first kappa shape index (κ1) is 11.9. The minimum Gasteiger partial charge on any atom is -0.371 e. The Morgan fingerprint density at radius 2 is 2.25 bits per heavy atom. The van der Waals surface area contributed by atoms with Crippen molar-refractivity contribution in [1.29, 1.82) is 0 Å². The molecule has 0 bridgehead atoms. The molecule has 0 spiro atoms. The SMILES string of the molecule is CNC1CCN(c2cccc(Br)c2)CC1C. The van der Waals surface area contributed by atoms with Crippen LogP contribution in [0.4, 0.5) is 5.69 Å². The minimum absolute atomic E-state index is 0.670. The van der Waals surface area contributed by atoms with E-state index in [-0.39, 0.29) is 0 Å². The summed E-state index contributed by atoms with van der Waals surface area (Å²) < 4.78 is 1.16. The number of hydrogen-bond acceptors (Lipinski definition) is 2. The molecule has 2 atom stereocenters. The minimum atomic E-state index is 0.670. The summed E-state index contributed by atoms with van der Waals surface area (Å²) in [5.74, 6) is 0.706. The topological polar surface area (TPSA) is 15.3 Å². The van der Waals surface area contributed by atoms with Crippen LogP contribution in [0.3, 0.4) is 0 Å². The van der Waals surface area contributed by atoms with E-state index in [0.29, 0.717) is 12.0 Å². The molecule has 2 rings (SSSR count). The van der Waals surface area contributed by atoms with Crippen molar-refractivity contribution in [2.75, 3.05) is 25.0 Å². The monoisotopic (exact) mass is 282 g/mol. The Bertz CT molecular complexity index is 354. The third-order valence-electron chi connectivity index (χ3n) is 3.45. The van der Waals surface area contributed by atoms with Crippen LogP contribution < -0.4 is 10.2 Å². The van der Waals surface area contributed by atoms with Crippen molar-refractivity contribution < 1.29 is 0 Å². The fourth-order valence-corrected chi connectivity index (χ4v) is 2.87. The van der Waals surface area contributed by atoms with Crippen LogP contribution in [0, 0.1) is 5.92 Å². The molecular weight excluding hydrogens is 264 g/mol. The first-order valence-electron chi connectivity index (χ1n) is 5.88. The van der Waals surface area contributed by atoms with Crippen LogP contribution in [-0.4, -0.2) is 26.2 Å². The maximum absolute atomic E-state index is 3.53. The molecule has 1 N–H and O–H groups in total. The van der Waals surface area contributed by atoms with E-state index in [9.17, 15) is 0 Å². The van der Waals surface area contributed by atoms with E-state index in [4.69, 9.17) is 0 Å². The Kier molecular flexibility index (Phi) is 3.87. The van der Waals surface area contributed by atoms with Gasteiger partial charge in [-0.25, -0.2) is 0 Å². The number of nitrogens with zero attached hydrogens (tertiary/aromatic N) is 1. The van der Waals surface area contributed by atoms with Crippen molar-refractivity contribution in [3.8, 4) is 0 Å². The lowest BCUT2D eigenvalue weighted by Gasteiger charge is -2.38. The Morgan fingerprint density at radius 1 is 1.44 bits per heavy atom. The predicted molar refractivity (Wildman–Crippen MR) is 73.0 cm³/mol. The molecule has 1 aromatic carbocycles. The van der Waals surface area contributed by atoms with E-state index < -0.39 is 0 Å². The lowest BCUT2D eigenvalue weighted by atomic mass is 9.93. The van der Waals surface area contributed by atoms with Crippen molar-refractivity contribution >= 4 is 21.6 Å². The van der Waals surface area contributed by atoms with Crippen LogP contribution in [0.1, 0.15) is 13.3 Å². The summed E-state index contributed by atoms with van der Waals surface area (Å²) in [5, 5.41) is 3.40. The van der Waals surface area contributed by atoms with E-state index in [1.165, 1.54) is 12.1 Å². The molecule has 0 amide bonds. The van der Waals surface area contributed by atoms with E-state index in [1.807, 2.05) is 0 Å². The lowest BCUT2D eigenvalue weighted by Crippen LogP contribution is -2.47. The van der Waals surface area contributed by atoms with Crippen molar-refractivity contribution in [3.05, 3.63) is 28.7 Å². The maximum Gasteiger partial charge on any atom is 0.0377 e. The maximum atomic E-state index is 3.53. The van der Waals surface area contributed by atoms with Gasteiger partial charge in [-0.3, -0.25) is 0 Å². The molecule has 3 heteroatoms. The highest BCUT2D eigenvalue weighted by molar-refractivity contribution is 9.10. The highest BCUT2D eigenvalue weighted by atomic mass is 79.9. The Hall–Kier alpha value is -0.540. The standard InChI is InChI=1S/C13H19BrN2/c1-10-9-16(7-6-13(10)15-2)12-5-3-4-11(14)8-12/h3-5,8,10,13,15H,6-7,9H2,1-2H3. The summed E-state index contributed by atoms with van der Waals surface area (Å²) in [6, 6.07) is 9.24. The number of benzene rings is 1. The van der Waals surface area contributed by atoms with Gasteiger partial charge in [-0.15, -0.1) is 0 Å². The molecule has 2 nitrogen and oxygen atoms in total. The van der Waals surface area contributed by atoms with Gasteiger partial charge in [0.1, 0.15) is 0 Å². The molecule has 1 aromatic rings. The largest absolute Gasteiger partial charge is 0.371 e. The molecule has 1 heterocycles. The van der Waals surface area contributed by atoms with Crippen LogP contribution in [0.2, 0.25) is 0 Å². The molecule has 88 valence electrons. The lowest BCUT2D eigenvalue weighted by molar-refractivity contribution is 0.339. The summed E-state index contributed by atoms with van der Waals surface area (Å²) in [7, 11) is 2.07. The van der Waals surface area contributed by atoms with Gasteiger partial charge in [0, 0.05) is 29.3 Å². The van der Waals surface area contributed by atoms with Gasteiger partial charge in [0.2, 0.25) is 0 Å². The molecule has 1 aliphatic rings. The van der Waals surface area contributed by atoms with Gasteiger partial charge >= 0.3 is 0 Å². The van der Waals surface area contributed by atoms with E-state index >= 15 is 0 Å². The van der Waals surface area contributed by atoms with Crippen molar-refractivity contribution in [2.45, 2.75) is 19.4 Å². The zero-order chi connectivity index (χ0) is 11.5. The third kappa shape index (κ3) is 2.58. The Labute approximate surface area is 106 Å². The summed E-state index contributed by atoms with van der Waals surface area (Å²) >= 11 is 3.53. The number of rotatable bonds is 2. The van der Waals surface area contributed by atoms with Crippen molar-refractivity contribution in [2.24, 2.45) is 5.92 Å². The molecule has 0 aromatic heterocycles. The van der Waals surface area contributed by atoms with Crippen LogP contribution in [0.25, 0.3) is 0 Å². The van der Waals surface area contributed by atoms with E-state index in [2.05, 4.69) is 64.4 Å². The van der Waals surface area contributed by atoms with Crippen molar-refractivity contribution in [3.63, 3.8) is 0 Å². The molecule has 1 saturated heterocycles. The second kappa shape index (κ2) is 5.19. The number of halogens is 1. The average Bonchev–Trinajstić information content (AvgIpc) is 2.29. The number of nitrogens with one attached hydrogen (secondary N) is 1. The third-order valence-corrected chi connectivity index (χ3v) is 3.94. The molecule has 1 fully saturated rings. The fourth-order valence-electron chi connectivity index (χ4n) is 2.48. The molecule has 0 radical (unpaired) electrons. The Morgan fingerprint density at radius 3 is 2.88 bits per heavy atom. The van der Waals surface area contributed by atoms with Crippen LogP contribution in [0.5, 0.6) is 0 Å². The second-order valence-electron chi connectivity index (χ2n) is 4.59. The van der Waals surface area contributed by atoms with Gasteiger partial charge in [0.05, 0.1) is 0 Å². The number of piperidine rings is 1. The van der Waals surface area contributed by atoms with Gasteiger partial charge in [-0.2, -0.15) is 0 Å². The normalized spacial score (nSPS) is 25.8. The smallest absolute Gasteiger partial charge is 0.0377 e. The average molecular weight is 283 g/mol. The van der Waals surface area contributed by atoms with Gasteiger partial charge in [0.15, 0.2) is 0 Å². The van der Waals surface area contributed by atoms with Crippen molar-refractivity contribution in [1.82, 2.24) is 5.32 Å². The molecule has 0 aliphatic carbocycles. The van der Waals surface area contributed by atoms with Crippen LogP contribution >= 0.6 is 15.9 Å². The summed E-state index contributed by atoms with van der Waals surface area (Å²) in [4.78, 5) is 2.48. The molecule has 0 saturated carbocycles. The highest BCUT2D eigenvalue weighted by Crippen LogP contribution is 2.25. The first-order valence-corrected chi connectivity index (χ1v) is 6.68. The predicted octanol–water partition coefficient (Wildman–Crippen LogP) is 2.88. The van der Waals surface area contributed by atoms with Gasteiger partial charge in [-0.05, 0) is 37.6 Å². The van der Waals surface area contributed by atoms with Gasteiger partial charge in [-0.1, -0.05) is 28.9 Å². The van der Waals surface area contributed by atoms with Crippen LogP contribution in [0.15, 0.2) is 28.7 Å². The number of anilines is 1. The molecule has 16 heavy (non-hydrogen) atoms. The second-order valence-corrected chi connectivity index (χ2v) is 5.50. The summed E-state index contributed by atoms with van der Waals surface area (Å²) in [5.41, 5.74) is 1.33. The molecule has 1 aliphatic heterocycles. The van der Waals surface area contributed by atoms with E-state index in [1.54, 1.807) is 0 Å². The summed E-state index contributed by atoms with van der Waals surface area (Å²) in [6.45, 7) is 4.61. The first-order chi connectivity index (χ1) is 7.70. The van der Waals surface area contributed by atoms with E-state index in [0.717, 1.165) is 17.6 Å². The quantitative estimate of drug-likeness (QED) is 0.898. The molecule has 2 unspecified atom stereocenters. The molecular formula is C13H19BrN2. The number of hydrogen-bond donors (Lipinski definition) is 1. The zero-order valence-corrected chi connectivity index (χ0v) is 11.5.